The fourth-order valence-corrected chi connectivity index (χ4v) is 3.61. The zero-order chi connectivity index (χ0) is 18.1. The summed E-state index contributed by atoms with van der Waals surface area (Å²) >= 11 is 6.51. The average Bonchev–Trinajstić information content (AvgIpc) is 2.68. The van der Waals surface area contributed by atoms with Gasteiger partial charge in [0.25, 0.3) is 0 Å². The molecule has 2 heterocycles. The van der Waals surface area contributed by atoms with Crippen LogP contribution in [0, 0.1) is 5.82 Å². The normalized spacial score (nSPS) is 12.8. The summed E-state index contributed by atoms with van der Waals surface area (Å²) in [4.78, 5) is 6.98. The van der Waals surface area contributed by atoms with E-state index in [9.17, 15) is 4.39 Å². The van der Waals surface area contributed by atoms with Gasteiger partial charge in [-0.25, -0.2) is 9.37 Å². The topological polar surface area (TPSA) is 54.2 Å². The van der Waals surface area contributed by atoms with E-state index in [-0.39, 0.29) is 62.0 Å². The molecule has 0 radical (unpaired) electrons. The first-order chi connectivity index (χ1) is 12.7. The summed E-state index contributed by atoms with van der Waals surface area (Å²) in [5.41, 5.74) is 8.94. The largest absolute Gasteiger partial charge is 0.353 e. The van der Waals surface area contributed by atoms with Gasteiger partial charge in [0.15, 0.2) is 0 Å². The average molecular weight is 517 g/mol. The van der Waals surface area contributed by atoms with E-state index in [0.29, 0.717) is 10.6 Å². The highest BCUT2D eigenvalue weighted by atomic mass is 35.5. The van der Waals surface area contributed by atoms with Crippen molar-refractivity contribution < 1.29 is 4.39 Å². The number of pyridine rings is 1. The van der Waals surface area contributed by atoms with Crippen molar-refractivity contribution in [2.45, 2.75) is 6.54 Å². The van der Waals surface area contributed by atoms with E-state index in [1.807, 2.05) is 24.3 Å². The first-order valence-electron chi connectivity index (χ1n) is 8.70. The Morgan fingerprint density at radius 1 is 0.967 bits per heavy atom. The molecule has 4 rings (SSSR count). The minimum Gasteiger partial charge on any atom is -0.353 e. The van der Waals surface area contributed by atoms with Crippen LogP contribution in [0.4, 0.5) is 10.2 Å². The van der Waals surface area contributed by atoms with Gasteiger partial charge < -0.3 is 16.0 Å². The van der Waals surface area contributed by atoms with Crippen LogP contribution in [-0.4, -0.2) is 31.2 Å². The molecule has 1 aliphatic heterocycles. The number of nitrogens with zero attached hydrogens (tertiary/aromatic N) is 2. The minimum atomic E-state index is -0.276. The molecule has 30 heavy (non-hydrogen) atoms. The second-order valence-corrected chi connectivity index (χ2v) is 6.86. The molecule has 3 N–H and O–H groups in total. The van der Waals surface area contributed by atoms with E-state index in [0.717, 1.165) is 54.0 Å². The van der Waals surface area contributed by atoms with Gasteiger partial charge in [0.2, 0.25) is 0 Å². The maximum atomic E-state index is 13.7. The molecule has 0 unspecified atom stereocenters. The lowest BCUT2D eigenvalue weighted by molar-refractivity contribution is 0.585. The zero-order valence-electron chi connectivity index (χ0n) is 15.9. The van der Waals surface area contributed by atoms with Gasteiger partial charge in [0, 0.05) is 43.7 Å². The van der Waals surface area contributed by atoms with Crippen LogP contribution in [0.15, 0.2) is 42.5 Å². The Balaban J connectivity index is 0.00000210. The second kappa shape index (κ2) is 12.7. The van der Waals surface area contributed by atoms with Crippen molar-refractivity contribution in [2.75, 3.05) is 31.1 Å². The van der Waals surface area contributed by atoms with Gasteiger partial charge in [-0.3, -0.25) is 0 Å². The van der Waals surface area contributed by atoms with Crippen molar-refractivity contribution in [2.24, 2.45) is 5.73 Å². The van der Waals surface area contributed by atoms with Crippen LogP contribution in [0.25, 0.3) is 22.0 Å². The Morgan fingerprint density at radius 3 is 2.27 bits per heavy atom. The lowest BCUT2D eigenvalue weighted by Crippen LogP contribution is -2.44. The molecule has 166 valence electrons. The summed E-state index contributed by atoms with van der Waals surface area (Å²) in [6.45, 7) is 3.84. The third-order valence-electron chi connectivity index (χ3n) is 4.77. The molecular weight excluding hydrogens is 493 g/mol. The van der Waals surface area contributed by atoms with Crippen molar-refractivity contribution in [1.29, 1.82) is 0 Å². The van der Waals surface area contributed by atoms with Crippen molar-refractivity contribution >= 4 is 77.9 Å². The molecule has 0 aliphatic carbocycles. The third-order valence-corrected chi connectivity index (χ3v) is 5.04. The summed E-state index contributed by atoms with van der Waals surface area (Å²) < 4.78 is 13.7. The van der Waals surface area contributed by atoms with Crippen molar-refractivity contribution in [1.82, 2.24) is 10.3 Å². The Labute approximate surface area is 205 Å². The van der Waals surface area contributed by atoms with Crippen molar-refractivity contribution in [3.05, 3.63) is 58.9 Å². The SMILES string of the molecule is Cl.Cl.Cl.Cl.NCc1cc(-c2ccc3nc(N4CCNCC4)c(Cl)cc3c2)ccc1F. The Hall–Kier alpha value is -1.05. The van der Waals surface area contributed by atoms with Gasteiger partial charge in [-0.05, 0) is 41.5 Å². The maximum absolute atomic E-state index is 13.7. The van der Waals surface area contributed by atoms with E-state index in [1.165, 1.54) is 6.07 Å². The summed E-state index contributed by atoms with van der Waals surface area (Å²) in [5, 5.41) is 4.95. The van der Waals surface area contributed by atoms with Gasteiger partial charge in [-0.1, -0.05) is 23.7 Å². The Bertz CT molecular complexity index is 967. The number of halogens is 6. The molecule has 1 fully saturated rings. The number of benzene rings is 2. The van der Waals surface area contributed by atoms with Crippen LogP contribution in [0.2, 0.25) is 5.02 Å². The number of hydrogen-bond acceptors (Lipinski definition) is 4. The number of aromatic nitrogens is 1. The minimum absolute atomic E-state index is 0. The summed E-state index contributed by atoms with van der Waals surface area (Å²) in [7, 11) is 0. The number of fused-ring (bicyclic) bond motifs is 1. The molecular formula is C20H24Cl5FN4. The van der Waals surface area contributed by atoms with Crippen LogP contribution >= 0.6 is 61.2 Å². The van der Waals surface area contributed by atoms with E-state index in [4.69, 9.17) is 22.3 Å². The molecule has 1 saturated heterocycles. The number of hydrogen-bond donors (Lipinski definition) is 2. The predicted molar refractivity (Wildman–Crippen MR) is 134 cm³/mol. The van der Waals surface area contributed by atoms with Crippen LogP contribution in [0.1, 0.15) is 5.56 Å². The van der Waals surface area contributed by atoms with Crippen LogP contribution < -0.4 is 16.0 Å². The summed E-state index contributed by atoms with van der Waals surface area (Å²) in [5.74, 6) is 0.558. The van der Waals surface area contributed by atoms with Crippen LogP contribution in [-0.2, 0) is 6.54 Å². The molecule has 0 bridgehead atoms. The van der Waals surface area contributed by atoms with Gasteiger partial charge in [-0.15, -0.1) is 49.6 Å². The lowest BCUT2D eigenvalue weighted by atomic mass is 10.0. The molecule has 10 heteroatoms. The molecule has 1 aliphatic rings. The summed E-state index contributed by atoms with van der Waals surface area (Å²) in [6.07, 6.45) is 0. The van der Waals surface area contributed by atoms with E-state index < -0.39 is 0 Å². The molecule has 0 saturated carbocycles. The molecule has 2 aromatic carbocycles. The molecule has 1 aromatic heterocycles. The quantitative estimate of drug-likeness (QED) is 0.499. The van der Waals surface area contributed by atoms with Crippen LogP contribution in [0.3, 0.4) is 0 Å². The van der Waals surface area contributed by atoms with Gasteiger partial charge in [0.1, 0.15) is 11.6 Å². The first-order valence-corrected chi connectivity index (χ1v) is 9.08. The van der Waals surface area contributed by atoms with Gasteiger partial charge in [-0.2, -0.15) is 0 Å². The second-order valence-electron chi connectivity index (χ2n) is 6.45. The van der Waals surface area contributed by atoms with Gasteiger partial charge >= 0.3 is 0 Å². The number of rotatable bonds is 3. The van der Waals surface area contributed by atoms with E-state index in [2.05, 4.69) is 10.2 Å². The number of nitrogens with two attached hydrogens (primary N) is 1. The Morgan fingerprint density at radius 2 is 1.60 bits per heavy atom. The standard InChI is InChI=1S/C20H20ClFN4.4ClH/c21-17-11-15-9-14(13-1-3-18(22)16(10-13)12-23)2-4-19(15)25-20(17)26-7-5-24-6-8-26;;;;/h1-4,9-11,24H,5-8,12,23H2;4*1H. The Kier molecular flexibility index (Phi) is 12.3. The van der Waals surface area contributed by atoms with E-state index in [1.54, 1.807) is 12.1 Å². The fourth-order valence-electron chi connectivity index (χ4n) is 3.33. The highest BCUT2D eigenvalue weighted by molar-refractivity contribution is 6.33. The molecule has 4 nitrogen and oxygen atoms in total. The summed E-state index contributed by atoms with van der Waals surface area (Å²) in [6, 6.07) is 13.0. The first kappa shape index (κ1) is 28.9. The van der Waals surface area contributed by atoms with Crippen LogP contribution in [0.5, 0.6) is 0 Å². The zero-order valence-corrected chi connectivity index (χ0v) is 20.0. The fraction of sp³-hybridized carbons (Fsp3) is 0.250. The lowest BCUT2D eigenvalue weighted by Gasteiger charge is -2.29. The molecule has 3 aromatic rings. The monoisotopic (exact) mass is 514 g/mol. The molecule has 0 spiro atoms. The smallest absolute Gasteiger partial charge is 0.148 e. The van der Waals surface area contributed by atoms with E-state index >= 15 is 0 Å². The third kappa shape index (κ3) is 6.01. The molecule has 0 atom stereocenters. The molecule has 0 amide bonds. The maximum Gasteiger partial charge on any atom is 0.148 e. The number of anilines is 1. The van der Waals surface area contributed by atoms with Crippen molar-refractivity contribution in [3.8, 4) is 11.1 Å². The van der Waals surface area contributed by atoms with Gasteiger partial charge in [0.05, 0.1) is 10.5 Å². The highest BCUT2D eigenvalue weighted by Gasteiger charge is 2.16. The number of nitrogens with one attached hydrogen (secondary N) is 1. The predicted octanol–water partition coefficient (Wildman–Crippen LogP) is 5.25. The van der Waals surface area contributed by atoms with Crippen molar-refractivity contribution in [3.63, 3.8) is 0 Å². The number of piperazine rings is 1. The highest BCUT2D eigenvalue weighted by Crippen LogP contribution is 2.31.